The summed E-state index contributed by atoms with van der Waals surface area (Å²) in [7, 11) is -0.678. The van der Waals surface area contributed by atoms with Gasteiger partial charge in [0, 0.05) is 20.3 Å². The normalized spacial score (nSPS) is 13.4. The van der Waals surface area contributed by atoms with Crippen molar-refractivity contribution in [2.24, 2.45) is 15.0 Å². The highest BCUT2D eigenvalue weighted by Crippen LogP contribution is 2.26. The van der Waals surface area contributed by atoms with Crippen molar-refractivity contribution < 1.29 is 27.7 Å². The first-order valence-electron chi connectivity index (χ1n) is 5.15. The summed E-state index contributed by atoms with van der Waals surface area (Å²) in [5, 5.41) is 0. The Morgan fingerprint density at radius 3 is 1.68 bits per heavy atom. The molecule has 0 rings (SSSR count). The van der Waals surface area contributed by atoms with Crippen LogP contribution in [0.5, 0.6) is 0 Å². The number of carbonyl (C=O) groups excluding carboxylic acids is 3. The molecule has 0 spiro atoms. The van der Waals surface area contributed by atoms with Crippen LogP contribution in [0, 0.1) is 0 Å². The molecular formula is C9H13N3O6Si. The van der Waals surface area contributed by atoms with E-state index in [0.717, 1.165) is 18.2 Å². The van der Waals surface area contributed by atoms with Gasteiger partial charge < -0.3 is 13.3 Å². The van der Waals surface area contributed by atoms with Crippen LogP contribution in [0.1, 0.15) is 13.3 Å². The lowest BCUT2D eigenvalue weighted by Crippen LogP contribution is -2.50. The van der Waals surface area contributed by atoms with Crippen LogP contribution in [0.3, 0.4) is 0 Å². The summed E-state index contributed by atoms with van der Waals surface area (Å²) in [6, 6.07) is 0.332. The van der Waals surface area contributed by atoms with Crippen molar-refractivity contribution in [1.29, 1.82) is 0 Å². The van der Waals surface area contributed by atoms with Crippen molar-refractivity contribution in [2.75, 3.05) is 14.2 Å². The van der Waals surface area contributed by atoms with E-state index in [1.807, 2.05) is 6.92 Å². The van der Waals surface area contributed by atoms with E-state index in [-0.39, 0.29) is 0 Å². The number of nitrogens with zero attached hydrogens (tertiary/aromatic N) is 3. The number of aliphatic imine (C=N–C) groups is 3. The SMILES string of the molecule is CCC[Si](OC)(OC)OC(N=C=O)(N=C=O)N=C=O. The van der Waals surface area contributed by atoms with Gasteiger partial charge in [0.05, 0.1) is 0 Å². The Kier molecular flexibility index (Phi) is 7.58. The largest absolute Gasteiger partial charge is 0.505 e. The third-order valence-corrected chi connectivity index (χ3v) is 4.99. The van der Waals surface area contributed by atoms with Gasteiger partial charge in [-0.1, -0.05) is 13.3 Å². The fourth-order valence-electron chi connectivity index (χ4n) is 1.26. The lowest BCUT2D eigenvalue weighted by molar-refractivity contribution is -0.00105. The minimum Gasteiger partial charge on any atom is -0.377 e. The van der Waals surface area contributed by atoms with Crippen LogP contribution in [0.25, 0.3) is 0 Å². The van der Waals surface area contributed by atoms with E-state index >= 15 is 0 Å². The zero-order chi connectivity index (χ0) is 14.8. The molecule has 0 aliphatic carbocycles. The Bertz CT molecular complexity index is 388. The monoisotopic (exact) mass is 287 g/mol. The molecule has 0 N–H and O–H groups in total. The minimum absolute atomic E-state index is 0.332. The molecule has 0 aromatic rings. The molecule has 9 nitrogen and oxygen atoms in total. The van der Waals surface area contributed by atoms with Crippen LogP contribution in [-0.4, -0.2) is 47.2 Å². The zero-order valence-electron chi connectivity index (χ0n) is 10.7. The zero-order valence-corrected chi connectivity index (χ0v) is 11.7. The quantitative estimate of drug-likeness (QED) is 0.341. The number of hydrogen-bond donors (Lipinski definition) is 0. The third-order valence-electron chi connectivity index (χ3n) is 2.04. The van der Waals surface area contributed by atoms with Crippen molar-refractivity contribution in [3.63, 3.8) is 0 Å². The van der Waals surface area contributed by atoms with Gasteiger partial charge in [0.1, 0.15) is 0 Å². The van der Waals surface area contributed by atoms with Crippen LogP contribution in [0.2, 0.25) is 6.04 Å². The maximum atomic E-state index is 10.4. The van der Waals surface area contributed by atoms with Crippen LogP contribution >= 0.6 is 0 Å². The molecule has 104 valence electrons. The Labute approximate surface area is 110 Å². The maximum Gasteiger partial charge on any atom is 0.505 e. The molecule has 0 atom stereocenters. The fourth-order valence-corrected chi connectivity index (χ4v) is 3.27. The van der Waals surface area contributed by atoms with Crippen molar-refractivity contribution in [3.8, 4) is 0 Å². The van der Waals surface area contributed by atoms with Crippen molar-refractivity contribution in [3.05, 3.63) is 0 Å². The van der Waals surface area contributed by atoms with E-state index in [9.17, 15) is 14.4 Å². The summed E-state index contributed by atoms with van der Waals surface area (Å²) in [6.45, 7) is 1.83. The molecule has 0 aromatic carbocycles. The Hall–Kier alpha value is -1.76. The lowest BCUT2D eigenvalue weighted by Gasteiger charge is -2.30. The molecule has 0 fully saturated rings. The molecule has 0 radical (unpaired) electrons. The summed E-state index contributed by atoms with van der Waals surface area (Å²) >= 11 is 0. The van der Waals surface area contributed by atoms with E-state index in [4.69, 9.17) is 13.3 Å². The first-order chi connectivity index (χ1) is 9.07. The molecular weight excluding hydrogens is 274 g/mol. The standard InChI is InChI=1S/C9H13N3O6Si/c1-4-5-19(16-2,17-3)18-9(10-6-13,11-7-14)12-8-15/h4-5H2,1-3H3. The molecule has 0 aliphatic heterocycles. The van der Waals surface area contributed by atoms with Gasteiger partial charge in [0.15, 0.2) is 0 Å². The van der Waals surface area contributed by atoms with Crippen LogP contribution in [-0.2, 0) is 27.7 Å². The van der Waals surface area contributed by atoms with Gasteiger partial charge in [-0.3, -0.25) is 0 Å². The molecule has 0 saturated carbocycles. The topological polar surface area (TPSA) is 116 Å². The molecule has 0 heterocycles. The maximum absolute atomic E-state index is 10.4. The van der Waals surface area contributed by atoms with Crippen LogP contribution in [0.15, 0.2) is 15.0 Å². The third kappa shape index (κ3) is 4.78. The molecule has 0 unspecified atom stereocenters. The second kappa shape index (κ2) is 8.36. The Morgan fingerprint density at radius 1 is 1.00 bits per heavy atom. The lowest BCUT2D eigenvalue weighted by atomic mass is 10.6. The molecule has 0 saturated heterocycles. The number of isocyanates is 3. The molecule has 0 bridgehead atoms. The molecule has 0 aliphatic rings. The molecule has 0 aromatic heterocycles. The highest BCUT2D eigenvalue weighted by Gasteiger charge is 2.48. The predicted octanol–water partition coefficient (Wildman–Crippen LogP) is 0.263. The summed E-state index contributed by atoms with van der Waals surface area (Å²) in [5.41, 5.74) is 0. The highest BCUT2D eigenvalue weighted by atomic mass is 28.4. The van der Waals surface area contributed by atoms with Gasteiger partial charge >= 0.3 is 14.8 Å². The summed E-state index contributed by atoms with van der Waals surface area (Å²) in [5.74, 6) is -2.45. The van der Waals surface area contributed by atoms with Gasteiger partial charge in [0.25, 0.3) is 0 Å². The minimum atomic E-state index is -3.31. The van der Waals surface area contributed by atoms with Crippen LogP contribution in [0.4, 0.5) is 0 Å². The summed E-state index contributed by atoms with van der Waals surface area (Å²) in [4.78, 5) is 40.4. The molecule has 0 amide bonds. The average Bonchev–Trinajstić information content (AvgIpc) is 2.39. The van der Waals surface area contributed by atoms with Crippen molar-refractivity contribution in [2.45, 2.75) is 25.4 Å². The van der Waals surface area contributed by atoms with Gasteiger partial charge in [-0.25, -0.2) is 14.4 Å². The molecule has 10 heteroatoms. The average molecular weight is 287 g/mol. The predicted molar refractivity (Wildman–Crippen MR) is 63.1 cm³/mol. The first kappa shape index (κ1) is 17.2. The van der Waals surface area contributed by atoms with E-state index in [2.05, 4.69) is 15.0 Å². The fraction of sp³-hybridized carbons (Fsp3) is 0.667. The van der Waals surface area contributed by atoms with Crippen molar-refractivity contribution in [1.82, 2.24) is 0 Å². The van der Waals surface area contributed by atoms with Gasteiger partial charge in [-0.05, 0) is 0 Å². The second-order valence-electron chi connectivity index (χ2n) is 3.13. The second-order valence-corrected chi connectivity index (χ2v) is 6.01. The summed E-state index contributed by atoms with van der Waals surface area (Å²) in [6.07, 6.45) is 3.94. The Morgan fingerprint density at radius 2 is 1.42 bits per heavy atom. The Balaban J connectivity index is 5.67. The van der Waals surface area contributed by atoms with Crippen LogP contribution < -0.4 is 0 Å². The van der Waals surface area contributed by atoms with E-state index in [1.165, 1.54) is 14.2 Å². The number of rotatable bonds is 9. The smallest absolute Gasteiger partial charge is 0.377 e. The number of hydrogen-bond acceptors (Lipinski definition) is 9. The molecule has 19 heavy (non-hydrogen) atoms. The van der Waals surface area contributed by atoms with Gasteiger partial charge in [-0.2, -0.15) is 0 Å². The first-order valence-corrected chi connectivity index (χ1v) is 7.08. The van der Waals surface area contributed by atoms with E-state index in [0.29, 0.717) is 12.5 Å². The highest BCUT2D eigenvalue weighted by molar-refractivity contribution is 6.60. The summed E-state index contributed by atoms with van der Waals surface area (Å²) < 4.78 is 15.6. The van der Waals surface area contributed by atoms with E-state index < -0.39 is 14.8 Å². The van der Waals surface area contributed by atoms with Crippen molar-refractivity contribution >= 4 is 27.0 Å². The van der Waals surface area contributed by atoms with E-state index in [1.54, 1.807) is 0 Å². The van der Waals surface area contributed by atoms with Gasteiger partial charge in [-0.15, -0.1) is 15.0 Å². The van der Waals surface area contributed by atoms with Gasteiger partial charge in [0.2, 0.25) is 18.2 Å².